The summed E-state index contributed by atoms with van der Waals surface area (Å²) in [4.78, 5) is 0.0627. The number of fused-ring (bicyclic) bond motifs is 1. The van der Waals surface area contributed by atoms with Crippen molar-refractivity contribution in [2.75, 3.05) is 0 Å². The van der Waals surface area contributed by atoms with E-state index in [1.165, 1.54) is 6.07 Å². The van der Waals surface area contributed by atoms with Crippen molar-refractivity contribution >= 4 is 20.2 Å². The van der Waals surface area contributed by atoms with Crippen LogP contribution >= 0.6 is 0 Å². The summed E-state index contributed by atoms with van der Waals surface area (Å²) >= 11 is 0. The molecule has 0 heterocycles. The Morgan fingerprint density at radius 3 is 1.58 bits per heavy atom. The first kappa shape index (κ1) is 28.7. The molecule has 0 amide bonds. The average molecular weight is 537 g/mol. The van der Waals surface area contributed by atoms with Crippen LogP contribution in [0.1, 0.15) is 125 Å². The summed E-state index contributed by atoms with van der Waals surface area (Å²) in [6.45, 7) is 15.8. The Morgan fingerprint density at radius 2 is 1.17 bits per heavy atom. The second-order valence-electron chi connectivity index (χ2n) is 11.1. The van der Waals surface area contributed by atoms with Crippen LogP contribution in [0.2, 0.25) is 0 Å². The van der Waals surface area contributed by atoms with Gasteiger partial charge in [0.1, 0.15) is 10.6 Å². The minimum Gasteiger partial charge on any atom is -0.378 e. The summed E-state index contributed by atoms with van der Waals surface area (Å²) in [6.07, 6.45) is 2.47. The molecule has 1 N–H and O–H groups in total. The Balaban J connectivity index is 2.33. The van der Waals surface area contributed by atoms with Crippen LogP contribution in [0.5, 0.6) is 5.75 Å². The van der Waals surface area contributed by atoms with E-state index in [0.29, 0.717) is 29.5 Å². The zero-order valence-corrected chi connectivity index (χ0v) is 24.3. The Kier molecular flexibility index (Phi) is 8.33. The molecule has 6 nitrogen and oxygen atoms in total. The van der Waals surface area contributed by atoms with Crippen molar-refractivity contribution in [2.24, 2.45) is 0 Å². The maximum Gasteiger partial charge on any atom is 0.339 e. The van der Waals surface area contributed by atoms with E-state index in [-0.39, 0.29) is 39.2 Å². The van der Waals surface area contributed by atoms with E-state index in [1.54, 1.807) is 0 Å². The molecule has 36 heavy (non-hydrogen) atoms. The lowest BCUT2D eigenvalue weighted by molar-refractivity contribution is 0.467. The van der Waals surface area contributed by atoms with Gasteiger partial charge in [0.2, 0.25) is 0 Å². The van der Waals surface area contributed by atoms with Gasteiger partial charge >= 0.3 is 10.1 Å². The van der Waals surface area contributed by atoms with E-state index < -0.39 is 20.2 Å². The summed E-state index contributed by atoms with van der Waals surface area (Å²) in [5.41, 5.74) is 4.02. The third-order valence-electron chi connectivity index (χ3n) is 7.01. The maximum atomic E-state index is 14.1. The zero-order chi connectivity index (χ0) is 27.2. The monoisotopic (exact) mass is 536 g/mol. The van der Waals surface area contributed by atoms with Gasteiger partial charge in [-0.05, 0) is 77.7 Å². The molecule has 0 saturated carbocycles. The van der Waals surface area contributed by atoms with Crippen molar-refractivity contribution < 1.29 is 25.6 Å². The molecule has 0 aromatic heterocycles. The van der Waals surface area contributed by atoms with Crippen LogP contribution < -0.4 is 4.18 Å². The first-order valence-electron chi connectivity index (χ1n) is 12.8. The van der Waals surface area contributed by atoms with Gasteiger partial charge in [-0.25, -0.2) is 0 Å². The molecular formula is C28H40O6S2. The summed E-state index contributed by atoms with van der Waals surface area (Å²) < 4.78 is 68.6. The fourth-order valence-electron chi connectivity index (χ4n) is 4.98. The van der Waals surface area contributed by atoms with Crippen molar-refractivity contribution in [1.29, 1.82) is 0 Å². The molecule has 1 aliphatic carbocycles. The van der Waals surface area contributed by atoms with Gasteiger partial charge in [-0.3, -0.25) is 4.55 Å². The van der Waals surface area contributed by atoms with Gasteiger partial charge in [0, 0.05) is 11.1 Å². The molecule has 2 aromatic rings. The summed E-state index contributed by atoms with van der Waals surface area (Å²) in [5, 5.41) is 0. The molecule has 200 valence electrons. The molecule has 3 rings (SSSR count). The van der Waals surface area contributed by atoms with Crippen molar-refractivity contribution in [3.8, 4) is 5.75 Å². The zero-order valence-electron chi connectivity index (χ0n) is 22.7. The van der Waals surface area contributed by atoms with E-state index in [9.17, 15) is 21.4 Å². The van der Waals surface area contributed by atoms with E-state index in [4.69, 9.17) is 4.18 Å². The largest absolute Gasteiger partial charge is 0.378 e. The molecule has 8 heteroatoms. The maximum absolute atomic E-state index is 14.1. The van der Waals surface area contributed by atoms with Crippen LogP contribution in [-0.4, -0.2) is 21.4 Å². The van der Waals surface area contributed by atoms with Gasteiger partial charge < -0.3 is 4.18 Å². The van der Waals surface area contributed by atoms with Gasteiger partial charge in [-0.15, -0.1) is 0 Å². The minimum atomic E-state index is -4.47. The standard InChI is InChI=1S/C28H40O6S2/c1-16(2)20-13-24(18(5)6)28(25(14-20)19(7)8)36(32,33)34-27-22-12-10-9-11-21(22)26(35(29,30)31)15-23(27)17(3)4/h13-19H,9-12H2,1-8H3,(H,29,30,31). The van der Waals surface area contributed by atoms with Crippen LogP contribution in [0.3, 0.4) is 0 Å². The summed E-state index contributed by atoms with van der Waals surface area (Å²) in [7, 11) is -8.72. The van der Waals surface area contributed by atoms with Crippen LogP contribution in [0.4, 0.5) is 0 Å². The molecule has 0 atom stereocenters. The van der Waals surface area contributed by atoms with E-state index in [1.807, 2.05) is 53.7 Å². The fraction of sp³-hybridized carbons (Fsp3) is 0.571. The third-order valence-corrected chi connectivity index (χ3v) is 9.29. The van der Waals surface area contributed by atoms with E-state index >= 15 is 0 Å². The van der Waals surface area contributed by atoms with Gasteiger partial charge in [0.25, 0.3) is 10.1 Å². The molecule has 2 aromatic carbocycles. The van der Waals surface area contributed by atoms with Gasteiger partial charge in [-0.2, -0.15) is 16.8 Å². The molecule has 0 spiro atoms. The Morgan fingerprint density at radius 1 is 0.694 bits per heavy atom. The van der Waals surface area contributed by atoms with Crippen molar-refractivity contribution in [3.05, 3.63) is 51.6 Å². The first-order chi connectivity index (χ1) is 16.6. The highest BCUT2D eigenvalue weighted by Gasteiger charge is 2.33. The Hall–Kier alpha value is -1.90. The number of benzene rings is 2. The van der Waals surface area contributed by atoms with Gasteiger partial charge in [0.15, 0.2) is 0 Å². The molecule has 1 aliphatic rings. The third kappa shape index (κ3) is 5.65. The van der Waals surface area contributed by atoms with E-state index in [2.05, 4.69) is 13.8 Å². The predicted molar refractivity (Wildman–Crippen MR) is 144 cm³/mol. The molecule has 0 saturated heterocycles. The van der Waals surface area contributed by atoms with Crippen molar-refractivity contribution in [1.82, 2.24) is 0 Å². The van der Waals surface area contributed by atoms with Crippen LogP contribution in [0.15, 0.2) is 28.0 Å². The summed E-state index contributed by atoms with van der Waals surface area (Å²) in [6, 6.07) is 5.33. The lowest BCUT2D eigenvalue weighted by Crippen LogP contribution is -2.21. The number of hydrogen-bond donors (Lipinski definition) is 1. The van der Waals surface area contributed by atoms with Crippen LogP contribution in [0, 0.1) is 0 Å². The van der Waals surface area contributed by atoms with Gasteiger partial charge in [-0.1, -0.05) is 67.5 Å². The normalized spacial score (nSPS) is 14.7. The SMILES string of the molecule is CC(C)c1cc(C(C)C)c(S(=O)(=O)Oc2c(C(C)C)cc(S(=O)(=O)O)c3c2CCCC3)c(C(C)C)c1. The smallest absolute Gasteiger partial charge is 0.339 e. The lowest BCUT2D eigenvalue weighted by Gasteiger charge is -2.27. The van der Waals surface area contributed by atoms with E-state index in [0.717, 1.165) is 29.5 Å². The highest BCUT2D eigenvalue weighted by molar-refractivity contribution is 7.87. The van der Waals surface area contributed by atoms with Gasteiger partial charge in [0.05, 0.1) is 4.90 Å². The fourth-order valence-corrected chi connectivity index (χ4v) is 7.46. The van der Waals surface area contributed by atoms with Crippen LogP contribution in [-0.2, 0) is 33.1 Å². The highest BCUT2D eigenvalue weighted by atomic mass is 32.2. The molecule has 0 unspecified atom stereocenters. The quantitative estimate of drug-likeness (QED) is 0.286. The molecule has 0 aliphatic heterocycles. The second kappa shape index (κ2) is 10.5. The number of rotatable bonds is 8. The Bertz CT molecular complexity index is 1320. The van der Waals surface area contributed by atoms with Crippen molar-refractivity contribution in [2.45, 2.75) is 115 Å². The molecule has 0 bridgehead atoms. The predicted octanol–water partition coefficient (Wildman–Crippen LogP) is 7.07. The lowest BCUT2D eigenvalue weighted by atomic mass is 9.87. The Labute approximate surface area is 217 Å². The molecule has 0 radical (unpaired) electrons. The first-order valence-corrected chi connectivity index (χ1v) is 15.7. The highest BCUT2D eigenvalue weighted by Crippen LogP contribution is 2.43. The van der Waals surface area contributed by atoms with Crippen molar-refractivity contribution in [3.63, 3.8) is 0 Å². The molecular weight excluding hydrogens is 496 g/mol. The topological polar surface area (TPSA) is 97.7 Å². The molecule has 0 fully saturated rings. The summed E-state index contributed by atoms with van der Waals surface area (Å²) in [5.74, 6) is 0.139. The number of hydrogen-bond acceptors (Lipinski definition) is 5. The average Bonchev–Trinajstić information content (AvgIpc) is 2.76. The van der Waals surface area contributed by atoms with Crippen LogP contribution in [0.25, 0.3) is 0 Å². The second-order valence-corrected chi connectivity index (χ2v) is 14.0. The minimum absolute atomic E-state index is 0.0463.